The van der Waals surface area contributed by atoms with E-state index in [-0.39, 0.29) is 5.54 Å². The maximum Gasteiger partial charge on any atom is 0.228 e. The first-order valence-electron chi connectivity index (χ1n) is 8.72. The van der Waals surface area contributed by atoms with Gasteiger partial charge < -0.3 is 9.84 Å². The van der Waals surface area contributed by atoms with Crippen molar-refractivity contribution in [2.75, 3.05) is 7.05 Å². The monoisotopic (exact) mass is 291 g/mol. The van der Waals surface area contributed by atoms with Gasteiger partial charge in [-0.15, -0.1) is 0 Å². The Morgan fingerprint density at radius 3 is 2.71 bits per heavy atom. The zero-order valence-corrected chi connectivity index (χ0v) is 13.5. The largest absolute Gasteiger partial charge is 0.339 e. The van der Waals surface area contributed by atoms with Crippen molar-refractivity contribution in [1.82, 2.24) is 15.5 Å². The minimum absolute atomic E-state index is 0.182. The summed E-state index contributed by atoms with van der Waals surface area (Å²) in [5.41, 5.74) is 0.182. The number of aromatic nitrogens is 2. The molecule has 2 aliphatic rings. The maximum absolute atomic E-state index is 5.58. The molecule has 0 bridgehead atoms. The van der Waals surface area contributed by atoms with Crippen LogP contribution in [0.3, 0.4) is 0 Å². The lowest BCUT2D eigenvalue weighted by Crippen LogP contribution is -2.46. The van der Waals surface area contributed by atoms with Gasteiger partial charge in [0.25, 0.3) is 0 Å². The van der Waals surface area contributed by atoms with Crippen LogP contribution in [0.4, 0.5) is 0 Å². The van der Waals surface area contributed by atoms with E-state index in [4.69, 9.17) is 9.51 Å². The second-order valence-electron chi connectivity index (χ2n) is 7.28. The lowest BCUT2D eigenvalue weighted by Gasteiger charge is -2.36. The number of nitrogens with zero attached hydrogens (tertiary/aromatic N) is 2. The van der Waals surface area contributed by atoms with Crippen molar-refractivity contribution in [2.24, 2.45) is 5.92 Å². The van der Waals surface area contributed by atoms with Gasteiger partial charge in [-0.3, -0.25) is 0 Å². The molecule has 0 radical (unpaired) electrons. The highest BCUT2D eigenvalue weighted by atomic mass is 16.5. The molecule has 3 rings (SSSR count). The van der Waals surface area contributed by atoms with Crippen LogP contribution in [0.5, 0.6) is 0 Å². The predicted octanol–water partition coefficient (Wildman–Crippen LogP) is 3.83. The molecule has 1 aromatic rings. The Hall–Kier alpha value is -0.900. The van der Waals surface area contributed by atoms with E-state index in [0.717, 1.165) is 24.1 Å². The van der Waals surface area contributed by atoms with Crippen LogP contribution in [0.1, 0.15) is 82.3 Å². The number of hydrogen-bond acceptors (Lipinski definition) is 4. The number of nitrogens with one attached hydrogen (secondary N) is 1. The Bertz CT molecular complexity index is 451. The summed E-state index contributed by atoms with van der Waals surface area (Å²) in [5, 5.41) is 7.83. The van der Waals surface area contributed by atoms with E-state index in [2.05, 4.69) is 24.4 Å². The summed E-state index contributed by atoms with van der Waals surface area (Å²) in [5.74, 6) is 3.11. The third-order valence-corrected chi connectivity index (χ3v) is 5.62. The van der Waals surface area contributed by atoms with Crippen LogP contribution in [-0.2, 0) is 6.42 Å². The van der Waals surface area contributed by atoms with Crippen molar-refractivity contribution in [3.05, 3.63) is 11.7 Å². The van der Waals surface area contributed by atoms with E-state index < -0.39 is 0 Å². The SMILES string of the molecule is CNC1(Cc2nc(C3CCCC(C)C3)no2)CCCCC1. The van der Waals surface area contributed by atoms with Crippen LogP contribution < -0.4 is 5.32 Å². The van der Waals surface area contributed by atoms with Gasteiger partial charge in [-0.2, -0.15) is 4.98 Å². The van der Waals surface area contributed by atoms with Crippen molar-refractivity contribution in [1.29, 1.82) is 0 Å². The van der Waals surface area contributed by atoms with E-state index in [1.807, 2.05) is 0 Å². The number of likely N-dealkylation sites (N-methyl/N-ethyl adjacent to an activating group) is 1. The van der Waals surface area contributed by atoms with Gasteiger partial charge in [0.1, 0.15) is 0 Å². The Kier molecular flexibility index (Phi) is 4.63. The van der Waals surface area contributed by atoms with Crippen LogP contribution in [0, 0.1) is 5.92 Å². The zero-order chi connectivity index (χ0) is 14.7. The molecule has 118 valence electrons. The molecule has 2 unspecified atom stereocenters. The molecule has 1 N–H and O–H groups in total. The minimum Gasteiger partial charge on any atom is -0.339 e. The molecule has 21 heavy (non-hydrogen) atoms. The molecule has 4 nitrogen and oxygen atoms in total. The second-order valence-corrected chi connectivity index (χ2v) is 7.28. The Morgan fingerprint density at radius 1 is 1.19 bits per heavy atom. The number of rotatable bonds is 4. The lowest BCUT2D eigenvalue weighted by molar-refractivity contribution is 0.220. The molecule has 0 spiro atoms. The van der Waals surface area contributed by atoms with Crippen molar-refractivity contribution < 1.29 is 4.52 Å². The molecule has 2 atom stereocenters. The van der Waals surface area contributed by atoms with Crippen LogP contribution in [-0.4, -0.2) is 22.7 Å². The highest BCUT2D eigenvalue weighted by Gasteiger charge is 2.33. The highest BCUT2D eigenvalue weighted by Crippen LogP contribution is 2.35. The van der Waals surface area contributed by atoms with Gasteiger partial charge >= 0.3 is 0 Å². The van der Waals surface area contributed by atoms with Gasteiger partial charge in [-0.05, 0) is 38.6 Å². The fourth-order valence-electron chi connectivity index (χ4n) is 4.21. The molecular formula is C17H29N3O. The topological polar surface area (TPSA) is 51.0 Å². The van der Waals surface area contributed by atoms with Gasteiger partial charge in [0, 0.05) is 17.9 Å². The summed E-state index contributed by atoms with van der Waals surface area (Å²) in [6.45, 7) is 2.34. The lowest BCUT2D eigenvalue weighted by atomic mass is 9.79. The summed E-state index contributed by atoms with van der Waals surface area (Å²) < 4.78 is 5.58. The molecule has 2 fully saturated rings. The van der Waals surface area contributed by atoms with E-state index in [9.17, 15) is 0 Å². The van der Waals surface area contributed by atoms with Gasteiger partial charge in [0.05, 0.1) is 0 Å². The normalized spacial score (nSPS) is 29.4. The molecule has 1 heterocycles. The van der Waals surface area contributed by atoms with Crippen molar-refractivity contribution in [2.45, 2.75) is 82.6 Å². The smallest absolute Gasteiger partial charge is 0.228 e. The molecule has 4 heteroatoms. The fraction of sp³-hybridized carbons (Fsp3) is 0.882. The second kappa shape index (κ2) is 6.47. The third kappa shape index (κ3) is 3.47. The summed E-state index contributed by atoms with van der Waals surface area (Å²) >= 11 is 0. The Balaban J connectivity index is 1.66. The first kappa shape index (κ1) is 15.0. The van der Waals surface area contributed by atoms with Gasteiger partial charge in [-0.1, -0.05) is 44.2 Å². The molecular weight excluding hydrogens is 262 g/mol. The van der Waals surface area contributed by atoms with Gasteiger partial charge in [0.2, 0.25) is 5.89 Å². The molecule has 0 amide bonds. The fourth-order valence-corrected chi connectivity index (χ4v) is 4.21. The van der Waals surface area contributed by atoms with Crippen molar-refractivity contribution >= 4 is 0 Å². The van der Waals surface area contributed by atoms with E-state index in [1.54, 1.807) is 0 Å². The molecule has 1 aromatic heterocycles. The van der Waals surface area contributed by atoms with E-state index in [1.165, 1.54) is 57.8 Å². The number of hydrogen-bond donors (Lipinski definition) is 1. The Labute approximate surface area is 128 Å². The highest BCUT2D eigenvalue weighted by molar-refractivity contribution is 5.02. The molecule has 2 aliphatic carbocycles. The van der Waals surface area contributed by atoms with E-state index >= 15 is 0 Å². The first-order chi connectivity index (χ1) is 10.2. The summed E-state index contributed by atoms with van der Waals surface area (Å²) in [4.78, 5) is 4.74. The molecule has 2 saturated carbocycles. The molecule has 0 saturated heterocycles. The average molecular weight is 291 g/mol. The molecule has 0 aromatic carbocycles. The van der Waals surface area contributed by atoms with Gasteiger partial charge in [0.15, 0.2) is 5.82 Å². The van der Waals surface area contributed by atoms with Crippen LogP contribution in [0.15, 0.2) is 4.52 Å². The quantitative estimate of drug-likeness (QED) is 0.916. The zero-order valence-electron chi connectivity index (χ0n) is 13.5. The molecule has 0 aliphatic heterocycles. The Morgan fingerprint density at radius 2 is 2.00 bits per heavy atom. The van der Waals surface area contributed by atoms with Crippen LogP contribution in [0.2, 0.25) is 0 Å². The standard InChI is InChI=1S/C17H29N3O/c1-13-7-6-8-14(11-13)16-19-15(21-20-16)12-17(18-2)9-4-3-5-10-17/h13-14,18H,3-12H2,1-2H3. The van der Waals surface area contributed by atoms with Crippen molar-refractivity contribution in [3.8, 4) is 0 Å². The first-order valence-corrected chi connectivity index (χ1v) is 8.72. The predicted molar refractivity (Wildman–Crippen MR) is 83.3 cm³/mol. The van der Waals surface area contributed by atoms with Gasteiger partial charge in [-0.25, -0.2) is 0 Å². The van der Waals surface area contributed by atoms with Crippen molar-refractivity contribution in [3.63, 3.8) is 0 Å². The van der Waals surface area contributed by atoms with Crippen LogP contribution >= 0.6 is 0 Å². The third-order valence-electron chi connectivity index (χ3n) is 5.62. The minimum atomic E-state index is 0.182. The van der Waals surface area contributed by atoms with E-state index in [0.29, 0.717) is 5.92 Å². The maximum atomic E-state index is 5.58. The van der Waals surface area contributed by atoms with Crippen LogP contribution in [0.25, 0.3) is 0 Å². The average Bonchev–Trinajstić information content (AvgIpc) is 2.96. The summed E-state index contributed by atoms with van der Waals surface area (Å²) in [6.07, 6.45) is 12.4. The summed E-state index contributed by atoms with van der Waals surface area (Å²) in [6, 6.07) is 0. The summed E-state index contributed by atoms with van der Waals surface area (Å²) in [7, 11) is 2.07.